The molecule has 0 bridgehead atoms. The van der Waals surface area contributed by atoms with Crippen molar-refractivity contribution in [2.24, 2.45) is 5.92 Å². The normalized spacial score (nSPS) is 11.4. The summed E-state index contributed by atoms with van der Waals surface area (Å²) in [6.45, 7) is 2.83. The number of nitrogens with zero attached hydrogens (tertiary/aromatic N) is 2. The lowest BCUT2D eigenvalue weighted by Gasteiger charge is -2.11. The Morgan fingerprint density at radius 1 is 1.24 bits per heavy atom. The van der Waals surface area contributed by atoms with Crippen LogP contribution in [0.4, 0.5) is 5.95 Å². The molecule has 0 aliphatic rings. The minimum atomic E-state index is -0.892. The van der Waals surface area contributed by atoms with Gasteiger partial charge >= 0.3 is 5.97 Å². The molecule has 1 aromatic carbocycles. The maximum Gasteiger partial charge on any atom is 0.309 e. The number of ether oxygens (including phenoxy) is 1. The fourth-order valence-electron chi connectivity index (χ4n) is 1.86. The van der Waals surface area contributed by atoms with Crippen LogP contribution in [0.3, 0.4) is 0 Å². The van der Waals surface area contributed by atoms with Gasteiger partial charge in [0.2, 0.25) is 5.95 Å². The van der Waals surface area contributed by atoms with E-state index in [0.29, 0.717) is 30.6 Å². The number of carboxylic acids is 1. The van der Waals surface area contributed by atoms with Crippen LogP contribution in [-0.4, -0.2) is 46.6 Å². The number of aliphatic carboxylic acids is 1. The van der Waals surface area contributed by atoms with Crippen LogP contribution in [0.2, 0.25) is 0 Å². The van der Waals surface area contributed by atoms with Crippen LogP contribution in [0.1, 0.15) is 12.5 Å². The van der Waals surface area contributed by atoms with Gasteiger partial charge < -0.3 is 20.5 Å². The SMILES string of the molecule is C[C@@H](COc1ccc(C(=N)NCCNc2ncccn2)cc1)C(=O)O. The van der Waals surface area contributed by atoms with Crippen LogP contribution in [-0.2, 0) is 4.79 Å². The Morgan fingerprint density at radius 3 is 2.56 bits per heavy atom. The second-order valence-electron chi connectivity index (χ2n) is 5.38. The van der Waals surface area contributed by atoms with Gasteiger partial charge in [-0.1, -0.05) is 0 Å². The van der Waals surface area contributed by atoms with Gasteiger partial charge in [0.05, 0.1) is 5.92 Å². The number of hydrogen-bond acceptors (Lipinski definition) is 6. The number of amidine groups is 1. The summed E-state index contributed by atoms with van der Waals surface area (Å²) in [5, 5.41) is 22.9. The lowest BCUT2D eigenvalue weighted by Crippen LogP contribution is -2.29. The first-order chi connectivity index (χ1) is 12.1. The molecule has 4 N–H and O–H groups in total. The van der Waals surface area contributed by atoms with Crippen molar-refractivity contribution in [3.05, 3.63) is 48.3 Å². The molecule has 0 spiro atoms. The second kappa shape index (κ2) is 9.21. The summed E-state index contributed by atoms with van der Waals surface area (Å²) in [5.41, 5.74) is 0.717. The molecule has 0 saturated heterocycles. The molecular formula is C17H21N5O3. The van der Waals surface area contributed by atoms with E-state index in [9.17, 15) is 4.79 Å². The van der Waals surface area contributed by atoms with Gasteiger partial charge in [-0.15, -0.1) is 0 Å². The van der Waals surface area contributed by atoms with Crippen molar-refractivity contribution in [2.75, 3.05) is 25.0 Å². The Balaban J connectivity index is 1.73. The molecule has 2 rings (SSSR count). The summed E-state index contributed by atoms with van der Waals surface area (Å²) in [6.07, 6.45) is 3.32. The van der Waals surface area contributed by atoms with Crippen molar-refractivity contribution in [1.82, 2.24) is 15.3 Å². The fraction of sp³-hybridized carbons (Fsp3) is 0.294. The molecule has 0 aliphatic heterocycles. The quantitative estimate of drug-likeness (QED) is 0.310. The first kappa shape index (κ1) is 18.2. The van der Waals surface area contributed by atoms with Gasteiger partial charge in [0.15, 0.2) is 0 Å². The van der Waals surface area contributed by atoms with Crippen molar-refractivity contribution in [3.63, 3.8) is 0 Å². The monoisotopic (exact) mass is 343 g/mol. The van der Waals surface area contributed by atoms with Crippen LogP contribution in [0, 0.1) is 11.3 Å². The van der Waals surface area contributed by atoms with Crippen LogP contribution in [0.15, 0.2) is 42.7 Å². The van der Waals surface area contributed by atoms with Crippen molar-refractivity contribution >= 4 is 17.8 Å². The predicted molar refractivity (Wildman–Crippen MR) is 94.1 cm³/mol. The molecule has 25 heavy (non-hydrogen) atoms. The van der Waals surface area contributed by atoms with E-state index in [1.807, 2.05) is 0 Å². The molecule has 132 valence electrons. The number of hydrogen-bond donors (Lipinski definition) is 4. The Bertz CT molecular complexity index is 691. The highest BCUT2D eigenvalue weighted by molar-refractivity contribution is 5.96. The number of carbonyl (C=O) groups is 1. The standard InChI is InChI=1S/C17H21N5O3/c1-12(16(23)24)11-25-14-5-3-13(4-6-14)15(18)19-9-10-22-17-20-7-2-8-21-17/h2-8,12H,9-11H2,1H3,(H2,18,19)(H,23,24)(H,20,21,22)/t12-/m0/s1. The van der Waals surface area contributed by atoms with Gasteiger partial charge in [-0.2, -0.15) is 0 Å². The van der Waals surface area contributed by atoms with Crippen molar-refractivity contribution in [3.8, 4) is 5.75 Å². The molecule has 2 aromatic rings. The summed E-state index contributed by atoms with van der Waals surface area (Å²) in [6, 6.07) is 8.69. The lowest BCUT2D eigenvalue weighted by atomic mass is 10.2. The molecule has 8 heteroatoms. The zero-order valence-electron chi connectivity index (χ0n) is 13.9. The molecule has 1 aromatic heterocycles. The Kier molecular flexibility index (Phi) is 6.70. The first-order valence-electron chi connectivity index (χ1n) is 7.85. The van der Waals surface area contributed by atoms with Crippen LogP contribution in [0.5, 0.6) is 5.75 Å². The van der Waals surface area contributed by atoms with Gasteiger partial charge in [0.1, 0.15) is 18.2 Å². The minimum Gasteiger partial charge on any atom is -0.493 e. The number of carboxylic acid groups (broad SMARTS) is 1. The molecule has 0 aliphatic carbocycles. The Morgan fingerprint density at radius 2 is 1.92 bits per heavy atom. The average molecular weight is 343 g/mol. The molecule has 0 unspecified atom stereocenters. The summed E-state index contributed by atoms with van der Waals surface area (Å²) in [5.74, 6) is -0.0421. The molecule has 0 radical (unpaired) electrons. The predicted octanol–water partition coefficient (Wildman–Crippen LogP) is 1.60. The van der Waals surface area contributed by atoms with Gasteiger partial charge in [-0.3, -0.25) is 10.2 Å². The van der Waals surface area contributed by atoms with E-state index in [1.54, 1.807) is 49.6 Å². The maximum atomic E-state index is 10.8. The third-order valence-corrected chi connectivity index (χ3v) is 3.34. The third kappa shape index (κ3) is 6.09. The highest BCUT2D eigenvalue weighted by Gasteiger charge is 2.11. The largest absolute Gasteiger partial charge is 0.493 e. The van der Waals surface area contributed by atoms with Gasteiger partial charge in [-0.25, -0.2) is 9.97 Å². The fourth-order valence-corrected chi connectivity index (χ4v) is 1.86. The highest BCUT2D eigenvalue weighted by atomic mass is 16.5. The van der Waals surface area contributed by atoms with E-state index in [4.69, 9.17) is 15.3 Å². The maximum absolute atomic E-state index is 10.8. The van der Waals surface area contributed by atoms with Gasteiger partial charge in [0, 0.05) is 31.0 Å². The van der Waals surface area contributed by atoms with E-state index in [0.717, 1.165) is 5.56 Å². The topological polar surface area (TPSA) is 120 Å². The average Bonchev–Trinajstić information content (AvgIpc) is 2.64. The van der Waals surface area contributed by atoms with Crippen molar-refractivity contribution in [1.29, 1.82) is 5.41 Å². The summed E-state index contributed by atoms with van der Waals surface area (Å²) in [4.78, 5) is 18.8. The summed E-state index contributed by atoms with van der Waals surface area (Å²) >= 11 is 0. The van der Waals surface area contributed by atoms with Crippen molar-refractivity contribution in [2.45, 2.75) is 6.92 Å². The molecule has 1 heterocycles. The Labute approximate surface area is 145 Å². The van der Waals surface area contributed by atoms with E-state index < -0.39 is 11.9 Å². The van der Waals surface area contributed by atoms with Gasteiger partial charge in [-0.05, 0) is 37.3 Å². The number of aromatic nitrogens is 2. The number of benzene rings is 1. The second-order valence-corrected chi connectivity index (χ2v) is 5.38. The van der Waals surface area contributed by atoms with Crippen LogP contribution in [0.25, 0.3) is 0 Å². The molecule has 1 atom stereocenters. The molecule has 0 saturated carbocycles. The molecular weight excluding hydrogens is 322 g/mol. The summed E-state index contributed by atoms with van der Waals surface area (Å²) < 4.78 is 5.42. The zero-order chi connectivity index (χ0) is 18.1. The zero-order valence-corrected chi connectivity index (χ0v) is 13.9. The molecule has 0 fully saturated rings. The third-order valence-electron chi connectivity index (χ3n) is 3.34. The van der Waals surface area contributed by atoms with Crippen LogP contribution < -0.4 is 15.4 Å². The minimum absolute atomic E-state index is 0.109. The lowest BCUT2D eigenvalue weighted by molar-refractivity contribution is -0.142. The van der Waals surface area contributed by atoms with E-state index in [1.165, 1.54) is 0 Å². The van der Waals surface area contributed by atoms with E-state index >= 15 is 0 Å². The van der Waals surface area contributed by atoms with Crippen LogP contribution >= 0.6 is 0 Å². The highest BCUT2D eigenvalue weighted by Crippen LogP contribution is 2.13. The first-order valence-corrected chi connectivity index (χ1v) is 7.85. The number of rotatable bonds is 9. The number of nitrogens with one attached hydrogen (secondary N) is 3. The molecule has 0 amide bonds. The smallest absolute Gasteiger partial charge is 0.309 e. The molecule has 8 nitrogen and oxygen atoms in total. The van der Waals surface area contributed by atoms with Crippen molar-refractivity contribution < 1.29 is 14.6 Å². The summed E-state index contributed by atoms with van der Waals surface area (Å²) in [7, 11) is 0. The van der Waals surface area contributed by atoms with Gasteiger partial charge in [0.25, 0.3) is 0 Å². The Hall–Kier alpha value is -3.16. The van der Waals surface area contributed by atoms with E-state index in [2.05, 4.69) is 20.6 Å². The van der Waals surface area contributed by atoms with E-state index in [-0.39, 0.29) is 6.61 Å². The number of anilines is 1.